The van der Waals surface area contributed by atoms with Crippen molar-refractivity contribution < 1.29 is 14.8 Å². The number of hydrogen-bond acceptors (Lipinski definition) is 5. The molecule has 0 amide bonds. The highest BCUT2D eigenvalue weighted by molar-refractivity contribution is 5.93. The molecule has 7 nitrogen and oxygen atoms in total. The molecular formula is C12H17N3O4. The minimum Gasteiger partial charge on any atom is -0.477 e. The molecule has 0 saturated heterocycles. The number of pyridine rings is 1. The molecule has 0 aliphatic heterocycles. The van der Waals surface area contributed by atoms with E-state index in [1.807, 2.05) is 0 Å². The Bertz CT molecular complexity index is 472. The van der Waals surface area contributed by atoms with Crippen molar-refractivity contribution in [2.24, 2.45) is 5.92 Å². The molecule has 0 unspecified atom stereocenters. The molecule has 2 N–H and O–H groups in total. The smallest absolute Gasteiger partial charge is 0.342 e. The normalized spacial score (nSPS) is 10.5. The van der Waals surface area contributed by atoms with Gasteiger partial charge < -0.3 is 10.4 Å². The van der Waals surface area contributed by atoms with E-state index in [-0.39, 0.29) is 5.56 Å². The molecule has 104 valence electrons. The van der Waals surface area contributed by atoms with Gasteiger partial charge in [0.2, 0.25) is 0 Å². The summed E-state index contributed by atoms with van der Waals surface area (Å²) >= 11 is 0. The first kappa shape index (κ1) is 14.9. The molecule has 0 fully saturated rings. The zero-order valence-electron chi connectivity index (χ0n) is 10.9. The van der Waals surface area contributed by atoms with E-state index in [0.717, 1.165) is 19.0 Å². The van der Waals surface area contributed by atoms with Crippen molar-refractivity contribution in [3.05, 3.63) is 27.9 Å². The summed E-state index contributed by atoms with van der Waals surface area (Å²) in [5.41, 5.74) is -0.854. The summed E-state index contributed by atoms with van der Waals surface area (Å²) < 4.78 is 0. The maximum Gasteiger partial charge on any atom is 0.342 e. The Balaban J connectivity index is 2.90. The van der Waals surface area contributed by atoms with E-state index in [4.69, 9.17) is 5.11 Å². The van der Waals surface area contributed by atoms with E-state index < -0.39 is 16.6 Å². The monoisotopic (exact) mass is 267 g/mol. The fourth-order valence-corrected chi connectivity index (χ4v) is 1.69. The number of carbonyl (C=O) groups is 1. The SMILES string of the molecule is CCC(CC)CNc1cc(C(=O)O)c([N+](=O)[O-])cn1. The maximum absolute atomic E-state index is 11.0. The van der Waals surface area contributed by atoms with Crippen molar-refractivity contribution >= 4 is 17.5 Å². The molecule has 0 aliphatic carbocycles. The lowest BCUT2D eigenvalue weighted by Crippen LogP contribution is -2.14. The second-order valence-electron chi connectivity index (χ2n) is 4.21. The first-order chi connectivity index (χ1) is 8.99. The predicted octanol–water partition coefficient (Wildman–Crippen LogP) is 2.54. The van der Waals surface area contributed by atoms with Crippen LogP contribution in [-0.2, 0) is 0 Å². The van der Waals surface area contributed by atoms with Gasteiger partial charge in [0.15, 0.2) is 0 Å². The van der Waals surface area contributed by atoms with E-state index in [1.165, 1.54) is 6.07 Å². The number of carboxylic acids is 1. The van der Waals surface area contributed by atoms with Gasteiger partial charge in [0.25, 0.3) is 0 Å². The van der Waals surface area contributed by atoms with Crippen LogP contribution in [0.4, 0.5) is 11.5 Å². The lowest BCUT2D eigenvalue weighted by molar-refractivity contribution is -0.385. The van der Waals surface area contributed by atoms with E-state index in [1.54, 1.807) is 0 Å². The van der Waals surface area contributed by atoms with Crippen LogP contribution < -0.4 is 5.32 Å². The molecule has 1 aromatic heterocycles. The quantitative estimate of drug-likeness (QED) is 0.581. The maximum atomic E-state index is 11.0. The highest BCUT2D eigenvalue weighted by Crippen LogP contribution is 2.20. The largest absolute Gasteiger partial charge is 0.477 e. The molecule has 1 rings (SSSR count). The Kier molecular flexibility index (Phi) is 5.23. The molecule has 7 heteroatoms. The van der Waals surface area contributed by atoms with Crippen molar-refractivity contribution in [1.29, 1.82) is 0 Å². The standard InChI is InChI=1S/C12H17N3O4/c1-3-8(4-2)6-13-11-5-9(12(16)17)10(7-14-11)15(18)19/h5,7-8H,3-4,6H2,1-2H3,(H,13,14)(H,16,17). The molecule has 0 spiro atoms. The van der Waals surface area contributed by atoms with Gasteiger partial charge in [-0.25, -0.2) is 9.78 Å². The first-order valence-electron chi connectivity index (χ1n) is 6.11. The van der Waals surface area contributed by atoms with Gasteiger partial charge >= 0.3 is 11.7 Å². The van der Waals surface area contributed by atoms with E-state index in [9.17, 15) is 14.9 Å². The van der Waals surface area contributed by atoms with Crippen LogP contribution >= 0.6 is 0 Å². The number of nitrogens with one attached hydrogen (secondary N) is 1. The van der Waals surface area contributed by atoms with Gasteiger partial charge in [-0.15, -0.1) is 0 Å². The number of aromatic carboxylic acids is 1. The molecule has 0 aliphatic rings. The van der Waals surface area contributed by atoms with Crippen LogP contribution in [0.25, 0.3) is 0 Å². The number of carboxylic acid groups (broad SMARTS) is 1. The fourth-order valence-electron chi connectivity index (χ4n) is 1.69. The van der Waals surface area contributed by atoms with Crippen LogP contribution in [0, 0.1) is 16.0 Å². The zero-order chi connectivity index (χ0) is 14.4. The molecule has 1 heterocycles. The molecule has 0 atom stereocenters. The van der Waals surface area contributed by atoms with Gasteiger partial charge in [-0.2, -0.15) is 0 Å². The Labute approximate surface area is 110 Å². The molecule has 1 aromatic rings. The van der Waals surface area contributed by atoms with Gasteiger partial charge in [0, 0.05) is 12.6 Å². The number of hydrogen-bond donors (Lipinski definition) is 2. The fraction of sp³-hybridized carbons (Fsp3) is 0.500. The summed E-state index contributed by atoms with van der Waals surface area (Å²) in [5, 5.41) is 22.6. The lowest BCUT2D eigenvalue weighted by atomic mass is 10.0. The van der Waals surface area contributed by atoms with Crippen LogP contribution in [0.15, 0.2) is 12.3 Å². The Morgan fingerprint density at radius 1 is 1.53 bits per heavy atom. The minimum atomic E-state index is -1.33. The third kappa shape index (κ3) is 3.90. The molecular weight excluding hydrogens is 250 g/mol. The van der Waals surface area contributed by atoms with Gasteiger partial charge in [-0.1, -0.05) is 26.7 Å². The summed E-state index contributed by atoms with van der Waals surface area (Å²) in [6.45, 7) is 4.81. The van der Waals surface area contributed by atoms with Gasteiger partial charge in [-0.3, -0.25) is 10.1 Å². The van der Waals surface area contributed by atoms with Crippen molar-refractivity contribution in [3.63, 3.8) is 0 Å². The van der Waals surface area contributed by atoms with E-state index in [2.05, 4.69) is 24.1 Å². The van der Waals surface area contributed by atoms with Crippen molar-refractivity contribution in [1.82, 2.24) is 4.98 Å². The average Bonchev–Trinajstić information content (AvgIpc) is 2.39. The minimum absolute atomic E-state index is 0.343. The highest BCUT2D eigenvalue weighted by atomic mass is 16.6. The van der Waals surface area contributed by atoms with E-state index in [0.29, 0.717) is 18.3 Å². The van der Waals surface area contributed by atoms with Crippen LogP contribution in [-0.4, -0.2) is 27.5 Å². The molecule has 0 radical (unpaired) electrons. The summed E-state index contributed by atoms with van der Waals surface area (Å²) in [4.78, 5) is 24.8. The van der Waals surface area contributed by atoms with Gasteiger partial charge in [0.1, 0.15) is 17.6 Å². The second kappa shape index (κ2) is 6.67. The predicted molar refractivity (Wildman–Crippen MR) is 70.4 cm³/mol. The summed E-state index contributed by atoms with van der Waals surface area (Å²) in [6.07, 6.45) is 2.98. The molecule has 0 saturated carbocycles. The second-order valence-corrected chi connectivity index (χ2v) is 4.21. The van der Waals surface area contributed by atoms with Crippen LogP contribution in [0.3, 0.4) is 0 Å². The average molecular weight is 267 g/mol. The third-order valence-electron chi connectivity index (χ3n) is 3.04. The van der Waals surface area contributed by atoms with Crippen LogP contribution in [0.1, 0.15) is 37.0 Å². The number of nitro groups is 1. The first-order valence-corrected chi connectivity index (χ1v) is 6.11. The van der Waals surface area contributed by atoms with Crippen LogP contribution in [0.2, 0.25) is 0 Å². The lowest BCUT2D eigenvalue weighted by Gasteiger charge is -2.13. The Morgan fingerprint density at radius 3 is 2.63 bits per heavy atom. The van der Waals surface area contributed by atoms with Crippen molar-refractivity contribution in [3.8, 4) is 0 Å². The highest BCUT2D eigenvalue weighted by Gasteiger charge is 2.21. The van der Waals surface area contributed by atoms with Crippen LogP contribution in [0.5, 0.6) is 0 Å². The Morgan fingerprint density at radius 2 is 2.16 bits per heavy atom. The number of rotatable bonds is 7. The molecule has 19 heavy (non-hydrogen) atoms. The number of aromatic nitrogens is 1. The Hall–Kier alpha value is -2.18. The summed E-state index contributed by atoms with van der Waals surface area (Å²) in [5.74, 6) is -0.528. The number of anilines is 1. The third-order valence-corrected chi connectivity index (χ3v) is 3.04. The molecule has 0 aromatic carbocycles. The van der Waals surface area contributed by atoms with Gasteiger partial charge in [-0.05, 0) is 5.92 Å². The molecule has 0 bridgehead atoms. The van der Waals surface area contributed by atoms with Crippen molar-refractivity contribution in [2.75, 3.05) is 11.9 Å². The topological polar surface area (TPSA) is 105 Å². The van der Waals surface area contributed by atoms with E-state index >= 15 is 0 Å². The summed E-state index contributed by atoms with van der Waals surface area (Å²) in [6, 6.07) is 1.20. The number of nitrogens with zero attached hydrogens (tertiary/aromatic N) is 2. The summed E-state index contributed by atoms with van der Waals surface area (Å²) in [7, 11) is 0. The zero-order valence-corrected chi connectivity index (χ0v) is 10.9. The van der Waals surface area contributed by atoms with Crippen molar-refractivity contribution in [2.45, 2.75) is 26.7 Å². The van der Waals surface area contributed by atoms with Gasteiger partial charge in [0.05, 0.1) is 4.92 Å².